The van der Waals surface area contributed by atoms with E-state index in [1.165, 1.54) is 0 Å². The average Bonchev–Trinajstić information content (AvgIpc) is 0.722. The molecule has 0 radical (unpaired) electrons. The Bertz CT molecular complexity index is 93.3. The molecule has 15 N–H and O–H groups in total. The summed E-state index contributed by atoms with van der Waals surface area (Å²) < 4.78 is 32.8. The van der Waals surface area contributed by atoms with Gasteiger partial charge in [-0.25, -0.2) is 8.42 Å². The minimum absolute atomic E-state index is 0. The van der Waals surface area contributed by atoms with Gasteiger partial charge in [0.15, 0.2) is 0 Å². The minimum atomic E-state index is -4.92. The van der Waals surface area contributed by atoms with Gasteiger partial charge < -0.3 is 42.9 Å². The summed E-state index contributed by atoms with van der Waals surface area (Å²) in [6, 6.07) is 0. The summed E-state index contributed by atoms with van der Waals surface area (Å²) in [5.41, 5.74) is 0. The van der Waals surface area contributed by atoms with Crippen molar-refractivity contribution in [2.75, 3.05) is 0 Å². The predicted octanol–water partition coefficient (Wildman–Crippen LogP) is -9.76. The molecule has 0 amide bonds. The topological polar surface area (TPSA) is 298 Å². The van der Waals surface area contributed by atoms with E-state index in [2.05, 4.69) is 0 Å². The molecule has 0 aromatic heterocycles. The molecule has 11 nitrogen and oxygen atoms in total. The van der Waals surface area contributed by atoms with Crippen LogP contribution in [0.1, 0.15) is 0 Å². The third kappa shape index (κ3) is 4060. The molecule has 0 unspecified atom stereocenters. The van der Waals surface area contributed by atoms with Crippen molar-refractivity contribution >= 4 is 10.4 Å². The van der Waals surface area contributed by atoms with Gasteiger partial charge in [-0.1, -0.05) is 0 Å². The van der Waals surface area contributed by atoms with Crippen molar-refractivity contribution in [2.45, 2.75) is 0 Å². The average molecular weight is 246 g/mol. The molecule has 0 saturated heterocycles. The maximum absolute atomic E-state index is 8.63. The van der Waals surface area contributed by atoms with E-state index in [9.17, 15) is 0 Å². The van der Waals surface area contributed by atoms with E-state index >= 15 is 0 Å². The van der Waals surface area contributed by atoms with Crippen LogP contribution in [0.2, 0.25) is 0 Å². The quantitative estimate of drug-likeness (QED) is 0.247. The molecule has 0 saturated carbocycles. The molecule has 0 heterocycles. The van der Waals surface area contributed by atoms with E-state index in [0.717, 1.165) is 0 Å². The molecule has 0 aliphatic heterocycles. The van der Waals surface area contributed by atoms with Crippen molar-refractivity contribution < 1.29 is 85.4 Å². The first-order chi connectivity index (χ1) is 2.00. The summed E-state index contributed by atoms with van der Waals surface area (Å²) >= 11 is 0. The van der Waals surface area contributed by atoms with Gasteiger partial charge in [0.05, 0.1) is 0 Å². The largest absolute Gasteiger partial charge is 1.00 e. The van der Waals surface area contributed by atoms with E-state index in [1.807, 2.05) is 0 Å². The Morgan fingerprint density at radius 1 is 0.769 bits per heavy atom. The molecular formula is H15NaO11S. The van der Waals surface area contributed by atoms with Crippen LogP contribution in [0.5, 0.6) is 0 Å². The van der Waals surface area contributed by atoms with Crippen LogP contribution in [-0.2, 0) is 10.4 Å². The van der Waals surface area contributed by atoms with E-state index in [0.29, 0.717) is 0 Å². The Kier molecular flexibility index (Phi) is 306. The van der Waals surface area contributed by atoms with Crippen molar-refractivity contribution in [3.05, 3.63) is 0 Å². The summed E-state index contributed by atoms with van der Waals surface area (Å²) in [6.07, 6.45) is 0. The van der Waals surface area contributed by atoms with Gasteiger partial charge in [-0.3, -0.25) is 4.55 Å². The second-order valence-corrected chi connectivity index (χ2v) is 1.28. The second-order valence-electron chi connectivity index (χ2n) is 0.428. The molecule has 0 aliphatic rings. The maximum Gasteiger partial charge on any atom is 1.00 e. The smallest absolute Gasteiger partial charge is 0.726 e. The molecule has 0 spiro atoms. The number of rotatable bonds is 0. The maximum atomic E-state index is 8.63. The van der Waals surface area contributed by atoms with Gasteiger partial charge in [0.2, 0.25) is 10.4 Å². The fraction of sp³-hybridized carbons (Fsp3) is 0. The van der Waals surface area contributed by atoms with Crippen molar-refractivity contribution in [1.29, 1.82) is 0 Å². The predicted molar refractivity (Wildman–Crippen MR) is 37.6 cm³/mol. The van der Waals surface area contributed by atoms with Crippen molar-refractivity contribution in [1.82, 2.24) is 0 Å². The van der Waals surface area contributed by atoms with Gasteiger partial charge >= 0.3 is 29.6 Å². The number of hydrogen-bond donors (Lipinski definition) is 1. The summed E-state index contributed by atoms with van der Waals surface area (Å²) in [6.45, 7) is 0. The Labute approximate surface area is 95.8 Å². The molecule has 0 atom stereocenters. The third-order valence-electron chi connectivity index (χ3n) is 0. The van der Waals surface area contributed by atoms with Gasteiger partial charge in [0.25, 0.3) is 0 Å². The van der Waals surface area contributed by atoms with Crippen molar-refractivity contribution in [2.24, 2.45) is 0 Å². The zero-order valence-corrected chi connectivity index (χ0v) is 9.40. The monoisotopic (exact) mass is 246 g/mol. The van der Waals surface area contributed by atoms with Gasteiger partial charge in [-0.05, 0) is 0 Å². The Morgan fingerprint density at radius 2 is 0.769 bits per heavy atom. The SMILES string of the molecule is O.O.O.O.O.O.O.O=S(=O)([O-])O.[Na+]. The molecule has 0 aromatic carbocycles. The summed E-state index contributed by atoms with van der Waals surface area (Å²) in [5, 5.41) is 0. The zero-order valence-electron chi connectivity index (χ0n) is 6.58. The third-order valence-corrected chi connectivity index (χ3v) is 0. The zero-order chi connectivity index (χ0) is 4.50. The van der Waals surface area contributed by atoms with Gasteiger partial charge in [0, 0.05) is 0 Å². The molecule has 0 bridgehead atoms. The molecular weight excluding hydrogens is 231 g/mol. The molecule has 13 heteroatoms. The van der Waals surface area contributed by atoms with Crippen LogP contribution in [0, 0.1) is 0 Å². The second kappa shape index (κ2) is 38.9. The van der Waals surface area contributed by atoms with Crippen LogP contribution in [0.15, 0.2) is 0 Å². The Balaban J connectivity index is -0.00000000286. The van der Waals surface area contributed by atoms with Crippen LogP contribution in [0.4, 0.5) is 0 Å². The van der Waals surface area contributed by atoms with Crippen LogP contribution in [0.3, 0.4) is 0 Å². The van der Waals surface area contributed by atoms with E-state index < -0.39 is 10.4 Å². The fourth-order valence-corrected chi connectivity index (χ4v) is 0. The van der Waals surface area contributed by atoms with Crippen molar-refractivity contribution in [3.63, 3.8) is 0 Å². The van der Waals surface area contributed by atoms with Crippen LogP contribution >= 0.6 is 0 Å². The fourth-order valence-electron chi connectivity index (χ4n) is 0. The molecule has 0 fully saturated rings. The van der Waals surface area contributed by atoms with Crippen molar-refractivity contribution in [3.8, 4) is 0 Å². The van der Waals surface area contributed by atoms with E-state index in [4.69, 9.17) is 17.5 Å². The standard InChI is InChI=1S/Na.H2O4S.7H2O/c;1-5(2,3)4;;;;;;;/h;(H2,1,2,3,4);7*1H2/q+1;;;;;;;;/p-1. The van der Waals surface area contributed by atoms with Crippen LogP contribution in [0.25, 0.3) is 0 Å². The minimum Gasteiger partial charge on any atom is -0.726 e. The molecule has 0 rings (SSSR count). The summed E-state index contributed by atoms with van der Waals surface area (Å²) in [7, 11) is -4.92. The molecule has 13 heavy (non-hydrogen) atoms. The van der Waals surface area contributed by atoms with Gasteiger partial charge in [-0.15, -0.1) is 0 Å². The molecule has 88 valence electrons. The van der Waals surface area contributed by atoms with Crippen LogP contribution in [-0.4, -0.2) is 55.9 Å². The van der Waals surface area contributed by atoms with E-state index in [-0.39, 0.29) is 67.9 Å². The summed E-state index contributed by atoms with van der Waals surface area (Å²) in [4.78, 5) is 0. The Morgan fingerprint density at radius 3 is 0.769 bits per heavy atom. The number of hydrogen-bond acceptors (Lipinski definition) is 3. The normalized spacial score (nSPS) is 4.46. The molecule has 0 aromatic rings. The van der Waals surface area contributed by atoms with E-state index in [1.54, 1.807) is 0 Å². The first-order valence-electron chi connectivity index (χ1n) is 0.683. The van der Waals surface area contributed by atoms with Gasteiger partial charge in [-0.2, -0.15) is 0 Å². The van der Waals surface area contributed by atoms with Crippen LogP contribution < -0.4 is 29.6 Å². The van der Waals surface area contributed by atoms with Gasteiger partial charge in [0.1, 0.15) is 0 Å². The Hall–Kier alpha value is 0.590. The first kappa shape index (κ1) is 102. The summed E-state index contributed by atoms with van der Waals surface area (Å²) in [5.74, 6) is 0. The molecule has 0 aliphatic carbocycles. The first-order valence-corrected chi connectivity index (χ1v) is 2.05.